The van der Waals surface area contributed by atoms with Gasteiger partial charge in [-0.25, -0.2) is 8.42 Å². The van der Waals surface area contributed by atoms with Crippen LogP contribution in [0.4, 0.5) is 11.4 Å². The molecule has 2 aromatic rings. The molecule has 6 nitrogen and oxygen atoms in total. The molecule has 0 saturated heterocycles. The van der Waals surface area contributed by atoms with Crippen LogP contribution in [0.25, 0.3) is 0 Å². The van der Waals surface area contributed by atoms with Crippen LogP contribution in [0, 0.1) is 13.8 Å². The maximum atomic E-state index is 12.7. The summed E-state index contributed by atoms with van der Waals surface area (Å²) in [6.07, 6.45) is 2.31. The molecule has 3 N–H and O–H groups in total. The number of nitrogens with one attached hydrogen (secondary N) is 1. The van der Waals surface area contributed by atoms with Gasteiger partial charge in [-0.05, 0) is 37.5 Å². The van der Waals surface area contributed by atoms with E-state index in [0.29, 0.717) is 34.6 Å². The molecule has 0 spiro atoms. The van der Waals surface area contributed by atoms with Crippen molar-refractivity contribution >= 4 is 21.4 Å². The van der Waals surface area contributed by atoms with Crippen molar-refractivity contribution in [3.8, 4) is 0 Å². The molecular formula is C14H20N4O2S. The number of nitrogens with two attached hydrogens (primary N) is 1. The molecule has 21 heavy (non-hydrogen) atoms. The fourth-order valence-corrected chi connectivity index (χ4v) is 3.91. The van der Waals surface area contributed by atoms with Crippen molar-refractivity contribution in [2.45, 2.75) is 32.1 Å². The van der Waals surface area contributed by atoms with Gasteiger partial charge in [-0.15, -0.1) is 0 Å². The van der Waals surface area contributed by atoms with E-state index < -0.39 is 10.0 Å². The van der Waals surface area contributed by atoms with Crippen LogP contribution < -0.4 is 10.5 Å². The van der Waals surface area contributed by atoms with E-state index >= 15 is 0 Å². The molecule has 1 aromatic heterocycles. The van der Waals surface area contributed by atoms with E-state index in [1.165, 1.54) is 0 Å². The minimum atomic E-state index is -3.70. The molecule has 0 aliphatic heterocycles. The van der Waals surface area contributed by atoms with Crippen molar-refractivity contribution in [1.29, 1.82) is 0 Å². The zero-order valence-corrected chi connectivity index (χ0v) is 13.5. The predicted molar refractivity (Wildman–Crippen MR) is 83.7 cm³/mol. The van der Waals surface area contributed by atoms with Gasteiger partial charge in [-0.2, -0.15) is 5.10 Å². The van der Waals surface area contributed by atoms with Crippen LogP contribution in [0.15, 0.2) is 23.2 Å². The molecule has 2 rings (SSSR count). The number of hydrogen-bond donors (Lipinski definition) is 2. The summed E-state index contributed by atoms with van der Waals surface area (Å²) in [6, 6.07) is 3.42. The van der Waals surface area contributed by atoms with Gasteiger partial charge in [0.1, 0.15) is 0 Å². The Labute approximate surface area is 125 Å². The minimum Gasteiger partial charge on any atom is -0.398 e. The Morgan fingerprint density at radius 2 is 2.00 bits per heavy atom. The number of rotatable bonds is 4. The van der Waals surface area contributed by atoms with Crippen LogP contribution in [0.3, 0.4) is 0 Å². The number of aryl methyl sites for hydroxylation is 3. The van der Waals surface area contributed by atoms with E-state index in [9.17, 15) is 8.42 Å². The number of nitrogens with zero attached hydrogens (tertiary/aromatic N) is 2. The third-order valence-electron chi connectivity index (χ3n) is 3.40. The van der Waals surface area contributed by atoms with Crippen molar-refractivity contribution in [3.63, 3.8) is 0 Å². The van der Waals surface area contributed by atoms with Gasteiger partial charge in [-0.3, -0.25) is 9.40 Å². The number of nitrogen functional groups attached to an aromatic ring is 1. The molecule has 0 atom stereocenters. The van der Waals surface area contributed by atoms with Gasteiger partial charge in [0.15, 0.2) is 0 Å². The number of sulfonamides is 1. The van der Waals surface area contributed by atoms with E-state index in [1.54, 1.807) is 43.9 Å². The first kappa shape index (κ1) is 15.4. The molecule has 0 saturated carbocycles. The molecule has 1 heterocycles. The van der Waals surface area contributed by atoms with Crippen molar-refractivity contribution in [3.05, 3.63) is 35.2 Å². The minimum absolute atomic E-state index is 0.230. The average molecular weight is 308 g/mol. The monoisotopic (exact) mass is 308 g/mol. The molecule has 114 valence electrons. The SMILES string of the molecule is CCc1nn(C)cc1NS(=O)(=O)c1c(C)ccc(N)c1C. The first-order valence-electron chi connectivity index (χ1n) is 6.67. The van der Waals surface area contributed by atoms with Gasteiger partial charge in [0, 0.05) is 18.9 Å². The lowest BCUT2D eigenvalue weighted by atomic mass is 10.1. The molecule has 0 bridgehead atoms. The lowest BCUT2D eigenvalue weighted by molar-refractivity contribution is 0.600. The summed E-state index contributed by atoms with van der Waals surface area (Å²) in [4.78, 5) is 0.230. The quantitative estimate of drug-likeness (QED) is 0.845. The van der Waals surface area contributed by atoms with Crippen molar-refractivity contribution < 1.29 is 8.42 Å². The molecule has 1 aromatic carbocycles. The predicted octanol–water partition coefficient (Wildman–Crippen LogP) is 1.98. The van der Waals surface area contributed by atoms with E-state index in [2.05, 4.69) is 9.82 Å². The van der Waals surface area contributed by atoms with Crippen molar-refractivity contribution in [1.82, 2.24) is 9.78 Å². The Morgan fingerprint density at radius 3 is 2.62 bits per heavy atom. The maximum absolute atomic E-state index is 12.7. The second kappa shape index (κ2) is 5.40. The van der Waals surface area contributed by atoms with Crippen LogP contribution in [0.5, 0.6) is 0 Å². The summed E-state index contributed by atoms with van der Waals surface area (Å²) in [7, 11) is -1.94. The van der Waals surface area contributed by atoms with Crippen LogP contribution >= 0.6 is 0 Å². The molecule has 0 amide bonds. The second-order valence-electron chi connectivity index (χ2n) is 5.05. The first-order valence-corrected chi connectivity index (χ1v) is 8.15. The van der Waals surface area contributed by atoms with E-state index in [0.717, 1.165) is 0 Å². The van der Waals surface area contributed by atoms with Gasteiger partial charge in [0.2, 0.25) is 0 Å². The van der Waals surface area contributed by atoms with Gasteiger partial charge >= 0.3 is 0 Å². The largest absolute Gasteiger partial charge is 0.398 e. The molecular weight excluding hydrogens is 288 g/mol. The highest BCUT2D eigenvalue weighted by molar-refractivity contribution is 7.92. The third-order valence-corrected chi connectivity index (χ3v) is 5.05. The Balaban J connectivity index is 2.51. The van der Waals surface area contributed by atoms with Crippen LogP contribution in [0.1, 0.15) is 23.7 Å². The summed E-state index contributed by atoms with van der Waals surface area (Å²) in [5.74, 6) is 0. The Morgan fingerprint density at radius 1 is 1.33 bits per heavy atom. The van der Waals surface area contributed by atoms with E-state index in [-0.39, 0.29) is 4.90 Å². The third kappa shape index (κ3) is 2.87. The van der Waals surface area contributed by atoms with Gasteiger partial charge in [-0.1, -0.05) is 13.0 Å². The number of anilines is 2. The van der Waals surface area contributed by atoms with E-state index in [4.69, 9.17) is 5.73 Å². The number of aromatic nitrogens is 2. The Hall–Kier alpha value is -2.02. The summed E-state index contributed by atoms with van der Waals surface area (Å²) in [5.41, 5.74) is 8.72. The molecule has 0 aliphatic rings. The second-order valence-corrected chi connectivity index (χ2v) is 6.67. The highest BCUT2D eigenvalue weighted by Gasteiger charge is 2.22. The normalized spacial score (nSPS) is 11.6. The summed E-state index contributed by atoms with van der Waals surface area (Å²) < 4.78 is 29.5. The molecule has 7 heteroatoms. The molecule has 0 fully saturated rings. The van der Waals surface area contributed by atoms with Crippen LogP contribution in [0.2, 0.25) is 0 Å². The smallest absolute Gasteiger partial charge is 0.262 e. The molecule has 0 unspecified atom stereocenters. The van der Waals surface area contributed by atoms with Crippen molar-refractivity contribution in [2.75, 3.05) is 10.5 Å². The zero-order valence-electron chi connectivity index (χ0n) is 12.6. The highest BCUT2D eigenvalue weighted by Crippen LogP contribution is 2.27. The van der Waals surface area contributed by atoms with Gasteiger partial charge in [0.05, 0.1) is 16.3 Å². The molecule has 0 aliphatic carbocycles. The first-order chi connectivity index (χ1) is 9.76. The number of benzene rings is 1. The van der Waals surface area contributed by atoms with Gasteiger partial charge in [0.25, 0.3) is 10.0 Å². The van der Waals surface area contributed by atoms with Gasteiger partial charge < -0.3 is 5.73 Å². The van der Waals surface area contributed by atoms with Crippen molar-refractivity contribution in [2.24, 2.45) is 7.05 Å². The zero-order chi connectivity index (χ0) is 15.8. The summed E-state index contributed by atoms with van der Waals surface area (Å²) in [5, 5.41) is 4.23. The standard InChI is InChI=1S/C14H20N4O2S/c1-5-12-13(8-18(4)16-12)17-21(19,20)14-9(2)6-7-11(15)10(14)3/h6-8,17H,5,15H2,1-4H3. The average Bonchev–Trinajstić information content (AvgIpc) is 2.73. The van der Waals surface area contributed by atoms with E-state index in [1.807, 2.05) is 6.92 Å². The lowest BCUT2D eigenvalue weighted by Crippen LogP contribution is -2.17. The highest BCUT2D eigenvalue weighted by atomic mass is 32.2. The Bertz CT molecular complexity index is 779. The molecule has 0 radical (unpaired) electrons. The summed E-state index contributed by atoms with van der Waals surface area (Å²) in [6.45, 7) is 5.39. The van der Waals surface area contributed by atoms with Crippen LogP contribution in [-0.4, -0.2) is 18.2 Å². The topological polar surface area (TPSA) is 90.0 Å². The fraction of sp³-hybridized carbons (Fsp3) is 0.357. The maximum Gasteiger partial charge on any atom is 0.262 e. The lowest BCUT2D eigenvalue weighted by Gasteiger charge is -2.14. The van der Waals surface area contributed by atoms with Crippen LogP contribution in [-0.2, 0) is 23.5 Å². The fourth-order valence-electron chi connectivity index (χ4n) is 2.33. The number of hydrogen-bond acceptors (Lipinski definition) is 4. The summed E-state index contributed by atoms with van der Waals surface area (Å²) >= 11 is 0. The Kier molecular flexibility index (Phi) is 3.95.